The van der Waals surface area contributed by atoms with Crippen LogP contribution in [0.4, 0.5) is 5.69 Å². The van der Waals surface area contributed by atoms with E-state index in [4.69, 9.17) is 5.11 Å². The lowest BCUT2D eigenvalue weighted by Gasteiger charge is -2.21. The van der Waals surface area contributed by atoms with E-state index in [1.807, 2.05) is 6.92 Å². The number of nitro benzene ring substituents is 1. The molecule has 0 aliphatic carbocycles. The number of benzene rings is 1. The number of aliphatic carboxylic acids is 1. The lowest BCUT2D eigenvalue weighted by molar-refractivity contribution is -0.384. The molecule has 1 aliphatic heterocycles. The van der Waals surface area contributed by atoms with Crippen molar-refractivity contribution < 1.29 is 24.4 Å². The van der Waals surface area contributed by atoms with Crippen LogP contribution < -0.4 is 0 Å². The summed E-state index contributed by atoms with van der Waals surface area (Å²) < 4.78 is 0. The molecule has 1 amide bonds. The van der Waals surface area contributed by atoms with E-state index >= 15 is 0 Å². The Morgan fingerprint density at radius 3 is 2.40 bits per heavy atom. The number of rotatable bonds is 7. The number of carboxylic acid groups (broad SMARTS) is 1. The fourth-order valence-electron chi connectivity index (χ4n) is 2.59. The SMILES string of the molecule is CCSC1C(C(=O)c2ccc([N+](=O)[O-])cc2)=C(CC(=O)O)C(=O)N1C. The minimum absolute atomic E-state index is 0.0377. The smallest absolute Gasteiger partial charge is 0.308 e. The number of Topliss-reactive ketones (excluding diaryl/α,β-unsaturated/α-hetero) is 1. The van der Waals surface area contributed by atoms with E-state index in [1.54, 1.807) is 0 Å². The van der Waals surface area contributed by atoms with Gasteiger partial charge in [-0.25, -0.2) is 0 Å². The third kappa shape index (κ3) is 3.71. The molecule has 0 spiro atoms. The van der Waals surface area contributed by atoms with E-state index in [0.29, 0.717) is 5.75 Å². The number of likely N-dealkylation sites (N-methyl/N-ethyl adjacent to an activating group) is 1. The standard InChI is InChI=1S/C16H16N2O6S/c1-3-25-16-13(11(8-12(19)20)15(22)17(16)2)14(21)9-4-6-10(7-5-9)18(23)24/h4-7,16H,3,8H2,1-2H3,(H,19,20). The van der Waals surface area contributed by atoms with Crippen LogP contribution in [0.1, 0.15) is 23.7 Å². The predicted molar refractivity (Wildman–Crippen MR) is 91.4 cm³/mol. The summed E-state index contributed by atoms with van der Waals surface area (Å²) in [5.74, 6) is -1.55. The number of carbonyl (C=O) groups is 3. The molecular weight excluding hydrogens is 348 g/mol. The van der Waals surface area contributed by atoms with Gasteiger partial charge in [0.1, 0.15) is 5.37 Å². The van der Waals surface area contributed by atoms with Crippen LogP contribution in [0.25, 0.3) is 0 Å². The molecule has 1 atom stereocenters. The van der Waals surface area contributed by atoms with Crippen molar-refractivity contribution in [3.05, 3.63) is 51.1 Å². The van der Waals surface area contributed by atoms with Gasteiger partial charge in [0, 0.05) is 35.9 Å². The fraction of sp³-hybridized carbons (Fsp3) is 0.312. The minimum atomic E-state index is -1.20. The first-order valence-electron chi connectivity index (χ1n) is 7.40. The Kier molecular flexibility index (Phi) is 5.58. The van der Waals surface area contributed by atoms with Gasteiger partial charge < -0.3 is 10.0 Å². The van der Waals surface area contributed by atoms with Crippen molar-refractivity contribution in [1.82, 2.24) is 4.90 Å². The minimum Gasteiger partial charge on any atom is -0.481 e. The summed E-state index contributed by atoms with van der Waals surface area (Å²) in [6.45, 7) is 1.87. The van der Waals surface area contributed by atoms with Gasteiger partial charge in [0.2, 0.25) is 0 Å². The average molecular weight is 364 g/mol. The van der Waals surface area contributed by atoms with Gasteiger partial charge in [-0.05, 0) is 17.9 Å². The molecule has 0 radical (unpaired) electrons. The van der Waals surface area contributed by atoms with Crippen molar-refractivity contribution in [3.63, 3.8) is 0 Å². The van der Waals surface area contributed by atoms with Crippen molar-refractivity contribution in [2.45, 2.75) is 18.7 Å². The molecule has 8 nitrogen and oxygen atoms in total. The number of hydrogen-bond acceptors (Lipinski definition) is 6. The monoisotopic (exact) mass is 364 g/mol. The van der Waals surface area contributed by atoms with Crippen molar-refractivity contribution in [2.75, 3.05) is 12.8 Å². The zero-order chi connectivity index (χ0) is 18.7. The van der Waals surface area contributed by atoms with Crippen LogP contribution in [0.15, 0.2) is 35.4 Å². The van der Waals surface area contributed by atoms with Crippen molar-refractivity contribution >= 4 is 35.1 Å². The summed E-state index contributed by atoms with van der Waals surface area (Å²) >= 11 is 1.35. The number of ketones is 1. The Morgan fingerprint density at radius 2 is 1.92 bits per heavy atom. The van der Waals surface area contributed by atoms with Crippen LogP contribution in [-0.2, 0) is 9.59 Å². The third-order valence-electron chi connectivity index (χ3n) is 3.74. The fourth-order valence-corrected chi connectivity index (χ4v) is 3.64. The molecule has 1 N–H and O–H groups in total. The predicted octanol–water partition coefficient (Wildman–Crippen LogP) is 2.10. The van der Waals surface area contributed by atoms with Gasteiger partial charge in [0.15, 0.2) is 5.78 Å². The lowest BCUT2D eigenvalue weighted by atomic mass is 9.98. The Bertz CT molecular complexity index is 771. The van der Waals surface area contributed by atoms with Crippen LogP contribution in [0.5, 0.6) is 0 Å². The van der Waals surface area contributed by atoms with E-state index in [0.717, 1.165) is 0 Å². The molecule has 1 aromatic rings. The highest BCUT2D eigenvalue weighted by Gasteiger charge is 2.41. The van der Waals surface area contributed by atoms with E-state index in [1.165, 1.54) is 48.0 Å². The zero-order valence-electron chi connectivity index (χ0n) is 13.6. The molecule has 1 unspecified atom stereocenters. The van der Waals surface area contributed by atoms with Gasteiger partial charge in [-0.3, -0.25) is 24.5 Å². The van der Waals surface area contributed by atoms with Crippen LogP contribution >= 0.6 is 11.8 Å². The Balaban J connectivity index is 2.49. The van der Waals surface area contributed by atoms with Crippen molar-refractivity contribution in [2.24, 2.45) is 0 Å². The average Bonchev–Trinajstić information content (AvgIpc) is 2.79. The van der Waals surface area contributed by atoms with Crippen LogP contribution in [0.3, 0.4) is 0 Å². The Morgan fingerprint density at radius 1 is 1.32 bits per heavy atom. The molecule has 1 aromatic carbocycles. The van der Waals surface area contributed by atoms with Crippen LogP contribution in [0, 0.1) is 10.1 Å². The molecule has 9 heteroatoms. The number of non-ortho nitro benzene ring substituents is 1. The number of carbonyl (C=O) groups excluding carboxylic acids is 2. The third-order valence-corrected chi connectivity index (χ3v) is 4.94. The highest BCUT2D eigenvalue weighted by molar-refractivity contribution is 8.00. The van der Waals surface area contributed by atoms with Gasteiger partial charge >= 0.3 is 5.97 Å². The number of thioether (sulfide) groups is 1. The summed E-state index contributed by atoms with van der Waals surface area (Å²) in [5, 5.41) is 19.2. The Labute approximate surface area is 147 Å². The zero-order valence-corrected chi connectivity index (χ0v) is 14.4. The maximum atomic E-state index is 12.9. The molecule has 1 aliphatic rings. The second-order valence-corrected chi connectivity index (χ2v) is 6.68. The van der Waals surface area contributed by atoms with E-state index in [-0.39, 0.29) is 22.4 Å². The maximum absolute atomic E-state index is 12.9. The largest absolute Gasteiger partial charge is 0.481 e. The summed E-state index contributed by atoms with van der Waals surface area (Å²) in [4.78, 5) is 47.8. The Hall–Kier alpha value is -2.68. The topological polar surface area (TPSA) is 118 Å². The van der Waals surface area contributed by atoms with Gasteiger partial charge in [-0.1, -0.05) is 6.92 Å². The summed E-state index contributed by atoms with van der Waals surface area (Å²) in [6, 6.07) is 5.02. The number of carboxylic acids is 1. The lowest BCUT2D eigenvalue weighted by Crippen LogP contribution is -2.31. The van der Waals surface area contributed by atoms with E-state index in [9.17, 15) is 24.5 Å². The molecule has 2 rings (SSSR count). The van der Waals surface area contributed by atoms with E-state index < -0.39 is 34.4 Å². The molecule has 0 fully saturated rings. The highest BCUT2D eigenvalue weighted by atomic mass is 32.2. The van der Waals surface area contributed by atoms with Gasteiger partial charge in [-0.15, -0.1) is 11.8 Å². The summed E-state index contributed by atoms with van der Waals surface area (Å²) in [6.07, 6.45) is -0.544. The molecule has 0 saturated carbocycles. The van der Waals surface area contributed by atoms with Gasteiger partial charge in [0.25, 0.3) is 11.6 Å². The number of amides is 1. The molecule has 25 heavy (non-hydrogen) atoms. The molecule has 0 saturated heterocycles. The second-order valence-electron chi connectivity index (χ2n) is 5.32. The summed E-state index contributed by atoms with van der Waals surface area (Å²) in [7, 11) is 1.52. The molecule has 0 aromatic heterocycles. The molecule has 132 valence electrons. The normalized spacial score (nSPS) is 17.1. The first kappa shape index (κ1) is 18.7. The van der Waals surface area contributed by atoms with Gasteiger partial charge in [-0.2, -0.15) is 0 Å². The first-order valence-corrected chi connectivity index (χ1v) is 8.45. The number of nitro groups is 1. The summed E-state index contributed by atoms with van der Waals surface area (Å²) in [5.41, 5.74) is 0.114. The quantitative estimate of drug-likeness (QED) is 0.447. The van der Waals surface area contributed by atoms with Gasteiger partial charge in [0.05, 0.1) is 11.3 Å². The molecular formula is C16H16N2O6S. The highest BCUT2D eigenvalue weighted by Crippen LogP contribution is 2.36. The molecule has 1 heterocycles. The van der Waals surface area contributed by atoms with Crippen molar-refractivity contribution in [3.8, 4) is 0 Å². The number of nitrogens with zero attached hydrogens (tertiary/aromatic N) is 2. The number of hydrogen-bond donors (Lipinski definition) is 1. The van der Waals surface area contributed by atoms with Crippen LogP contribution in [0.2, 0.25) is 0 Å². The maximum Gasteiger partial charge on any atom is 0.308 e. The van der Waals surface area contributed by atoms with Crippen molar-refractivity contribution in [1.29, 1.82) is 0 Å². The second kappa shape index (κ2) is 7.47. The van der Waals surface area contributed by atoms with E-state index in [2.05, 4.69) is 0 Å². The first-order chi connectivity index (χ1) is 11.8. The van der Waals surface area contributed by atoms with Crippen LogP contribution in [-0.4, -0.2) is 50.8 Å². The molecule has 0 bridgehead atoms.